The minimum absolute atomic E-state index is 0. The van der Waals surface area contributed by atoms with Gasteiger partial charge in [0.25, 0.3) is 0 Å². The van der Waals surface area contributed by atoms with Crippen molar-refractivity contribution in [3.8, 4) is 0 Å². The zero-order valence-corrected chi connectivity index (χ0v) is 16.3. The van der Waals surface area contributed by atoms with Gasteiger partial charge >= 0.3 is 6.03 Å². The predicted molar refractivity (Wildman–Crippen MR) is 103 cm³/mol. The Bertz CT molecular complexity index is 486. The maximum Gasteiger partial charge on any atom is 0.315 e. The molecule has 7 heteroatoms. The van der Waals surface area contributed by atoms with E-state index in [2.05, 4.69) is 21.3 Å². The molecule has 0 radical (unpaired) electrons. The average Bonchev–Trinajstić information content (AvgIpc) is 2.53. The Hall–Kier alpha value is -1.01. The summed E-state index contributed by atoms with van der Waals surface area (Å²) in [6.07, 6.45) is 9.93. The molecular formula is C19H33ClN4O2. The van der Waals surface area contributed by atoms with Gasteiger partial charge in [0.2, 0.25) is 5.91 Å². The van der Waals surface area contributed by atoms with Crippen LogP contribution in [0.15, 0.2) is 0 Å². The van der Waals surface area contributed by atoms with Crippen molar-refractivity contribution in [3.05, 3.63) is 0 Å². The van der Waals surface area contributed by atoms with Gasteiger partial charge < -0.3 is 21.3 Å². The number of piperidine rings is 1. The third-order valence-corrected chi connectivity index (χ3v) is 6.76. The van der Waals surface area contributed by atoms with E-state index >= 15 is 0 Å². The van der Waals surface area contributed by atoms with E-state index in [0.29, 0.717) is 13.0 Å². The molecule has 0 aromatic heterocycles. The van der Waals surface area contributed by atoms with E-state index < -0.39 is 0 Å². The van der Waals surface area contributed by atoms with E-state index in [4.69, 9.17) is 0 Å². The van der Waals surface area contributed by atoms with Gasteiger partial charge in [0, 0.05) is 24.5 Å². The first kappa shape index (κ1) is 19.7. The Balaban J connectivity index is 0.00000196. The molecule has 3 amide bonds. The third kappa shape index (κ3) is 4.63. The number of halogens is 1. The molecule has 4 aliphatic carbocycles. The lowest BCUT2D eigenvalue weighted by Gasteiger charge is -2.56. The van der Waals surface area contributed by atoms with Crippen molar-refractivity contribution in [2.75, 3.05) is 19.6 Å². The Labute approximate surface area is 162 Å². The highest BCUT2D eigenvalue weighted by Gasteiger charge is 2.51. The fraction of sp³-hybridized carbons (Fsp3) is 0.895. The molecule has 0 aromatic carbocycles. The monoisotopic (exact) mass is 384 g/mol. The van der Waals surface area contributed by atoms with Crippen molar-refractivity contribution in [1.82, 2.24) is 21.3 Å². The van der Waals surface area contributed by atoms with E-state index in [1.54, 1.807) is 0 Å². The molecule has 1 aliphatic heterocycles. The SMILES string of the molecule is Cl.O=C(CCNC(=O)NC12CC3CC(CC(C3)C1)C2)NC1CCNCC1. The molecule has 4 bridgehead atoms. The van der Waals surface area contributed by atoms with Gasteiger partial charge in [-0.05, 0) is 82.2 Å². The molecule has 1 heterocycles. The van der Waals surface area contributed by atoms with Gasteiger partial charge in [0.1, 0.15) is 0 Å². The van der Waals surface area contributed by atoms with Crippen LogP contribution in [0.5, 0.6) is 0 Å². The van der Waals surface area contributed by atoms with Crippen molar-refractivity contribution < 1.29 is 9.59 Å². The van der Waals surface area contributed by atoms with Crippen LogP contribution in [0.3, 0.4) is 0 Å². The predicted octanol–water partition coefficient (Wildman–Crippen LogP) is 1.93. The Morgan fingerprint density at radius 1 is 0.962 bits per heavy atom. The quantitative estimate of drug-likeness (QED) is 0.584. The lowest BCUT2D eigenvalue weighted by atomic mass is 9.53. The first-order valence-electron chi connectivity index (χ1n) is 10.2. The lowest BCUT2D eigenvalue weighted by Crippen LogP contribution is -2.61. The Kier molecular flexibility index (Phi) is 6.33. The number of urea groups is 1. The molecule has 4 N–H and O–H groups in total. The second-order valence-corrected chi connectivity index (χ2v) is 8.92. The normalized spacial score (nSPS) is 35.5. The van der Waals surface area contributed by atoms with E-state index in [1.165, 1.54) is 19.3 Å². The second-order valence-electron chi connectivity index (χ2n) is 8.92. The zero-order valence-electron chi connectivity index (χ0n) is 15.5. The summed E-state index contributed by atoms with van der Waals surface area (Å²) < 4.78 is 0. The van der Waals surface area contributed by atoms with E-state index in [0.717, 1.165) is 62.9 Å². The fourth-order valence-electron chi connectivity index (χ4n) is 6.10. The lowest BCUT2D eigenvalue weighted by molar-refractivity contribution is -0.121. The fourth-order valence-corrected chi connectivity index (χ4v) is 6.10. The summed E-state index contributed by atoms with van der Waals surface area (Å²) in [6.45, 7) is 2.35. The highest BCUT2D eigenvalue weighted by molar-refractivity contribution is 5.85. The van der Waals surface area contributed by atoms with Gasteiger partial charge in [-0.2, -0.15) is 0 Å². The number of carbonyl (C=O) groups excluding carboxylic acids is 2. The highest BCUT2D eigenvalue weighted by atomic mass is 35.5. The van der Waals surface area contributed by atoms with Crippen molar-refractivity contribution in [1.29, 1.82) is 0 Å². The van der Waals surface area contributed by atoms with Gasteiger partial charge in [0.15, 0.2) is 0 Å². The maximum absolute atomic E-state index is 12.3. The first-order valence-corrected chi connectivity index (χ1v) is 10.2. The molecule has 5 aliphatic rings. The molecule has 148 valence electrons. The molecule has 26 heavy (non-hydrogen) atoms. The number of carbonyl (C=O) groups is 2. The minimum atomic E-state index is -0.0865. The van der Waals surface area contributed by atoms with Crippen LogP contribution >= 0.6 is 12.4 Å². The van der Waals surface area contributed by atoms with Crippen molar-refractivity contribution in [2.45, 2.75) is 69.4 Å². The van der Waals surface area contributed by atoms with E-state index in [9.17, 15) is 9.59 Å². The van der Waals surface area contributed by atoms with Crippen LogP contribution in [-0.2, 0) is 4.79 Å². The van der Waals surface area contributed by atoms with Crippen molar-refractivity contribution in [2.24, 2.45) is 17.8 Å². The number of rotatable bonds is 5. The smallest absolute Gasteiger partial charge is 0.315 e. The van der Waals surface area contributed by atoms with Crippen LogP contribution in [0.4, 0.5) is 4.79 Å². The summed E-state index contributed by atoms with van der Waals surface area (Å²) >= 11 is 0. The molecule has 5 fully saturated rings. The van der Waals surface area contributed by atoms with Gasteiger partial charge in [-0.15, -0.1) is 12.4 Å². The van der Waals surface area contributed by atoms with Crippen LogP contribution in [0.1, 0.15) is 57.8 Å². The van der Waals surface area contributed by atoms with Crippen LogP contribution < -0.4 is 21.3 Å². The maximum atomic E-state index is 12.3. The summed E-state index contributed by atoms with van der Waals surface area (Å²) in [5.41, 5.74) is 0.0379. The van der Waals surface area contributed by atoms with Crippen molar-refractivity contribution in [3.63, 3.8) is 0 Å². The van der Waals surface area contributed by atoms with E-state index in [-0.39, 0.29) is 35.9 Å². The summed E-state index contributed by atoms with van der Waals surface area (Å²) in [5.74, 6) is 2.51. The molecule has 0 spiro atoms. The van der Waals surface area contributed by atoms with Crippen LogP contribution in [0, 0.1) is 17.8 Å². The van der Waals surface area contributed by atoms with Gasteiger partial charge in [-0.1, -0.05) is 0 Å². The molecule has 0 unspecified atom stereocenters. The second kappa shape index (κ2) is 8.34. The molecule has 0 atom stereocenters. The summed E-state index contributed by atoms with van der Waals surface area (Å²) in [6, 6.07) is 0.200. The number of amides is 3. The number of hydrogen-bond donors (Lipinski definition) is 4. The van der Waals surface area contributed by atoms with Crippen molar-refractivity contribution >= 4 is 24.3 Å². The topological polar surface area (TPSA) is 82.3 Å². The van der Waals surface area contributed by atoms with Gasteiger partial charge in [-0.25, -0.2) is 4.79 Å². The summed E-state index contributed by atoms with van der Waals surface area (Å²) in [4.78, 5) is 24.3. The largest absolute Gasteiger partial charge is 0.353 e. The summed E-state index contributed by atoms with van der Waals surface area (Å²) in [5, 5.41) is 12.6. The molecule has 1 saturated heterocycles. The van der Waals surface area contributed by atoms with Crippen LogP contribution in [0.25, 0.3) is 0 Å². The highest BCUT2D eigenvalue weighted by Crippen LogP contribution is 2.55. The average molecular weight is 385 g/mol. The molecule has 6 nitrogen and oxygen atoms in total. The molecular weight excluding hydrogens is 352 g/mol. The minimum Gasteiger partial charge on any atom is -0.353 e. The first-order chi connectivity index (χ1) is 12.1. The molecule has 5 rings (SSSR count). The Morgan fingerprint density at radius 3 is 2.12 bits per heavy atom. The van der Waals surface area contributed by atoms with Gasteiger partial charge in [-0.3, -0.25) is 4.79 Å². The molecule has 0 aromatic rings. The van der Waals surface area contributed by atoms with Gasteiger partial charge in [0.05, 0.1) is 0 Å². The number of nitrogens with one attached hydrogen (secondary N) is 4. The Morgan fingerprint density at radius 2 is 1.54 bits per heavy atom. The van der Waals surface area contributed by atoms with E-state index in [1.807, 2.05) is 0 Å². The standard InChI is InChI=1S/C19H32N4O2.ClH/c24-17(22-16-1-4-20-5-2-16)3-6-21-18(25)23-19-10-13-7-14(11-19)9-15(8-13)12-19;/h13-16,20H,1-12H2,(H,22,24)(H2,21,23,25);1H. The molecule has 4 saturated carbocycles. The van der Waals surface area contributed by atoms with Crippen LogP contribution in [-0.4, -0.2) is 43.2 Å². The summed E-state index contributed by atoms with van der Waals surface area (Å²) in [7, 11) is 0. The zero-order chi connectivity index (χ0) is 17.3. The van der Waals surface area contributed by atoms with Crippen LogP contribution in [0.2, 0.25) is 0 Å². The number of hydrogen-bond acceptors (Lipinski definition) is 3. The third-order valence-electron chi connectivity index (χ3n) is 6.76.